The molecule has 1 amide bonds. The van der Waals surface area contributed by atoms with Crippen molar-refractivity contribution in [2.24, 2.45) is 5.92 Å². The Morgan fingerprint density at radius 3 is 2.23 bits per heavy atom. The molecule has 0 spiro atoms. The van der Waals surface area contributed by atoms with Gasteiger partial charge in [0.05, 0.1) is 11.6 Å². The number of alkyl halides is 3. The first-order chi connectivity index (χ1) is 14.4. The fourth-order valence-electron chi connectivity index (χ4n) is 2.81. The Morgan fingerprint density at radius 2 is 1.65 bits per heavy atom. The van der Waals surface area contributed by atoms with Crippen LogP contribution in [-0.2, 0) is 21.0 Å². The third-order valence-corrected chi connectivity index (χ3v) is 5.63. The molecule has 0 aliphatic heterocycles. The van der Waals surface area contributed by atoms with Gasteiger partial charge < -0.3 is 5.32 Å². The predicted octanol–water partition coefficient (Wildman–Crippen LogP) is 4.50. The number of carbonyl (C=O) groups is 1. The summed E-state index contributed by atoms with van der Waals surface area (Å²) in [6.07, 6.45) is -3.09. The predicted molar refractivity (Wildman–Crippen MR) is 114 cm³/mol. The molecule has 0 bridgehead atoms. The van der Waals surface area contributed by atoms with Gasteiger partial charge in [0.2, 0.25) is 15.9 Å². The molecule has 168 valence electrons. The third-order valence-electron chi connectivity index (χ3n) is 4.55. The zero-order chi connectivity index (χ0) is 23.2. The zero-order valence-electron chi connectivity index (χ0n) is 17.3. The molecule has 2 aromatic carbocycles. The fraction of sp³-hybridized carbons (Fsp3) is 0.318. The van der Waals surface area contributed by atoms with E-state index in [4.69, 9.17) is 0 Å². The van der Waals surface area contributed by atoms with Gasteiger partial charge in [-0.15, -0.1) is 0 Å². The second-order valence-corrected chi connectivity index (χ2v) is 9.05. The van der Waals surface area contributed by atoms with E-state index in [0.29, 0.717) is 5.56 Å². The normalized spacial score (nSPS) is 14.5. The van der Waals surface area contributed by atoms with Gasteiger partial charge in [0.15, 0.2) is 0 Å². The van der Waals surface area contributed by atoms with Gasteiger partial charge in [-0.2, -0.15) is 17.9 Å². The van der Waals surface area contributed by atoms with Crippen LogP contribution in [0.15, 0.2) is 60.0 Å². The first-order valence-corrected chi connectivity index (χ1v) is 11.2. The number of hydrogen-bond donors (Lipinski definition) is 2. The van der Waals surface area contributed by atoms with Crippen LogP contribution in [-0.4, -0.2) is 20.4 Å². The van der Waals surface area contributed by atoms with Crippen LogP contribution in [0.4, 0.5) is 13.2 Å². The van der Waals surface area contributed by atoms with Gasteiger partial charge in [0.25, 0.3) is 0 Å². The van der Waals surface area contributed by atoms with Crippen molar-refractivity contribution in [1.29, 1.82) is 0 Å². The van der Waals surface area contributed by atoms with Gasteiger partial charge in [-0.1, -0.05) is 56.3 Å². The Kier molecular flexibility index (Phi) is 8.02. The summed E-state index contributed by atoms with van der Waals surface area (Å²) in [6.45, 7) is 4.87. The van der Waals surface area contributed by atoms with E-state index < -0.39 is 45.7 Å². The monoisotopic (exact) mass is 454 g/mol. The molecule has 0 radical (unpaired) electrons. The van der Waals surface area contributed by atoms with Gasteiger partial charge in [-0.3, -0.25) is 4.79 Å². The highest BCUT2D eigenvalue weighted by Crippen LogP contribution is 2.30. The number of nitrogens with one attached hydrogen (secondary N) is 2. The Hall–Kier alpha value is -2.65. The average molecular weight is 455 g/mol. The molecule has 5 nitrogen and oxygen atoms in total. The van der Waals surface area contributed by atoms with Crippen molar-refractivity contribution in [3.63, 3.8) is 0 Å². The SMILES string of the molecule is CC(NC(=O)C(NS(=O)(=O)C=Cc1ccccc1)C(C)C)c1cccc(C(F)(F)F)c1. The van der Waals surface area contributed by atoms with Crippen molar-refractivity contribution in [2.75, 3.05) is 0 Å². The summed E-state index contributed by atoms with van der Waals surface area (Å²) in [5.41, 5.74) is 0.118. The number of sulfonamides is 1. The minimum atomic E-state index is -4.50. The molecule has 0 heterocycles. The number of hydrogen-bond acceptors (Lipinski definition) is 3. The van der Waals surface area contributed by atoms with Crippen molar-refractivity contribution in [3.05, 3.63) is 76.7 Å². The number of halogens is 3. The molecule has 2 rings (SSSR count). The van der Waals surface area contributed by atoms with Crippen molar-refractivity contribution < 1.29 is 26.4 Å². The van der Waals surface area contributed by atoms with Crippen molar-refractivity contribution >= 4 is 22.0 Å². The van der Waals surface area contributed by atoms with Crippen molar-refractivity contribution in [1.82, 2.24) is 10.0 Å². The maximum absolute atomic E-state index is 12.9. The summed E-state index contributed by atoms with van der Waals surface area (Å²) in [5.74, 6) is -1.02. The highest BCUT2D eigenvalue weighted by Gasteiger charge is 2.31. The Bertz CT molecular complexity index is 1020. The molecule has 0 aromatic heterocycles. The maximum Gasteiger partial charge on any atom is 0.416 e. The molecule has 2 aromatic rings. The summed E-state index contributed by atoms with van der Waals surface area (Å²) in [6, 6.07) is 11.6. The number of benzene rings is 2. The Morgan fingerprint density at radius 1 is 1.00 bits per heavy atom. The Labute approximate surface area is 180 Å². The molecule has 0 fully saturated rings. The van der Waals surface area contributed by atoms with E-state index in [-0.39, 0.29) is 5.56 Å². The molecule has 0 aliphatic rings. The van der Waals surface area contributed by atoms with Crippen LogP contribution in [0.5, 0.6) is 0 Å². The van der Waals surface area contributed by atoms with E-state index in [0.717, 1.165) is 17.5 Å². The molecule has 0 saturated carbocycles. The lowest BCUT2D eigenvalue weighted by molar-refractivity contribution is -0.137. The van der Waals surface area contributed by atoms with Crippen LogP contribution in [0, 0.1) is 5.92 Å². The maximum atomic E-state index is 12.9. The van der Waals surface area contributed by atoms with Gasteiger partial charge in [0.1, 0.15) is 6.04 Å². The minimum absolute atomic E-state index is 0.262. The molecular weight excluding hydrogens is 429 g/mol. The number of amides is 1. The van der Waals surface area contributed by atoms with Crippen LogP contribution >= 0.6 is 0 Å². The van der Waals surface area contributed by atoms with Crippen LogP contribution in [0.3, 0.4) is 0 Å². The molecule has 0 saturated heterocycles. The topological polar surface area (TPSA) is 75.3 Å². The molecule has 31 heavy (non-hydrogen) atoms. The lowest BCUT2D eigenvalue weighted by Gasteiger charge is -2.24. The van der Waals surface area contributed by atoms with E-state index in [1.54, 1.807) is 44.2 Å². The van der Waals surface area contributed by atoms with Gasteiger partial charge in [-0.25, -0.2) is 8.42 Å². The smallest absolute Gasteiger partial charge is 0.348 e. The second-order valence-electron chi connectivity index (χ2n) is 7.45. The molecule has 2 N–H and O–H groups in total. The summed E-state index contributed by atoms with van der Waals surface area (Å²) in [4.78, 5) is 12.7. The highest BCUT2D eigenvalue weighted by atomic mass is 32.2. The largest absolute Gasteiger partial charge is 0.416 e. The standard InChI is InChI=1S/C22H25F3N2O3S/c1-15(2)20(27-31(29,30)13-12-17-8-5-4-6-9-17)21(28)26-16(3)18-10-7-11-19(14-18)22(23,24)25/h4-16,20,27H,1-3H3,(H,26,28). The van der Waals surface area contributed by atoms with Crippen LogP contribution in [0.2, 0.25) is 0 Å². The minimum Gasteiger partial charge on any atom is -0.348 e. The quantitative estimate of drug-likeness (QED) is 0.617. The highest BCUT2D eigenvalue weighted by molar-refractivity contribution is 7.92. The Balaban J connectivity index is 2.12. The summed E-state index contributed by atoms with van der Waals surface area (Å²) < 4.78 is 66.0. The molecular formula is C22H25F3N2O3S. The van der Waals surface area contributed by atoms with Crippen molar-refractivity contribution in [3.8, 4) is 0 Å². The van der Waals surface area contributed by atoms with Gasteiger partial charge in [0, 0.05) is 5.41 Å². The lowest BCUT2D eigenvalue weighted by Crippen LogP contribution is -2.49. The summed E-state index contributed by atoms with van der Waals surface area (Å²) in [5, 5.41) is 3.57. The molecule has 0 aliphatic carbocycles. The van der Waals surface area contributed by atoms with Crippen LogP contribution in [0.25, 0.3) is 6.08 Å². The molecule has 2 unspecified atom stereocenters. The van der Waals surface area contributed by atoms with E-state index in [1.807, 2.05) is 0 Å². The summed E-state index contributed by atoms with van der Waals surface area (Å²) in [7, 11) is -3.94. The fourth-order valence-corrected chi connectivity index (χ4v) is 3.96. The lowest BCUT2D eigenvalue weighted by atomic mass is 10.0. The first kappa shape index (κ1) is 24.6. The van der Waals surface area contributed by atoms with E-state index in [1.165, 1.54) is 25.1 Å². The number of carbonyl (C=O) groups excluding carboxylic acids is 1. The number of rotatable bonds is 8. The second kappa shape index (κ2) is 10.1. The first-order valence-electron chi connectivity index (χ1n) is 9.62. The van der Waals surface area contributed by atoms with Crippen LogP contribution < -0.4 is 10.0 Å². The van der Waals surface area contributed by atoms with Crippen molar-refractivity contribution in [2.45, 2.75) is 39.0 Å². The summed E-state index contributed by atoms with van der Waals surface area (Å²) >= 11 is 0. The van der Waals surface area contributed by atoms with Crippen LogP contribution in [0.1, 0.15) is 43.5 Å². The molecule has 2 atom stereocenters. The molecule has 9 heteroatoms. The van der Waals surface area contributed by atoms with E-state index in [2.05, 4.69) is 10.0 Å². The third kappa shape index (κ3) is 7.52. The zero-order valence-corrected chi connectivity index (χ0v) is 18.2. The van der Waals surface area contributed by atoms with Gasteiger partial charge in [-0.05, 0) is 42.2 Å². The van der Waals surface area contributed by atoms with E-state index >= 15 is 0 Å². The van der Waals surface area contributed by atoms with E-state index in [9.17, 15) is 26.4 Å². The average Bonchev–Trinajstić information content (AvgIpc) is 2.70. The van der Waals surface area contributed by atoms with Gasteiger partial charge >= 0.3 is 6.18 Å².